The number of carbonyl (C=O) groups is 1. The first-order valence-corrected chi connectivity index (χ1v) is 7.25. The van der Waals surface area contributed by atoms with Gasteiger partial charge in [0.15, 0.2) is 17.0 Å². The molecule has 0 N–H and O–H groups in total. The number of hydrogen-bond donors (Lipinski definition) is 0. The summed E-state index contributed by atoms with van der Waals surface area (Å²) in [5, 5.41) is 3.80. The highest BCUT2D eigenvalue weighted by molar-refractivity contribution is 7.98. The van der Waals surface area contributed by atoms with Crippen LogP contribution in [-0.2, 0) is 0 Å². The van der Waals surface area contributed by atoms with Gasteiger partial charge in [0, 0.05) is 16.8 Å². The van der Waals surface area contributed by atoms with Crippen LogP contribution in [0.15, 0.2) is 46.9 Å². The summed E-state index contributed by atoms with van der Waals surface area (Å²) in [4.78, 5) is 31.5. The highest BCUT2D eigenvalue weighted by Crippen LogP contribution is 2.23. The predicted molar refractivity (Wildman–Crippen MR) is 78.1 cm³/mol. The molecule has 0 saturated carbocycles. The van der Waals surface area contributed by atoms with E-state index in [-0.39, 0.29) is 5.69 Å². The van der Waals surface area contributed by atoms with E-state index in [4.69, 9.17) is 11.6 Å². The zero-order valence-electron chi connectivity index (χ0n) is 10.5. The number of nitroso groups, excluding NO2 is 1. The van der Waals surface area contributed by atoms with Crippen molar-refractivity contribution in [3.8, 4) is 0 Å². The van der Waals surface area contributed by atoms with Gasteiger partial charge in [0.1, 0.15) is 0 Å². The lowest BCUT2D eigenvalue weighted by Gasteiger charge is -2.08. The lowest BCUT2D eigenvalue weighted by atomic mass is 10.0. The lowest BCUT2D eigenvalue weighted by Crippen LogP contribution is -2.12. The fourth-order valence-corrected chi connectivity index (χ4v) is 2.19. The number of benzene rings is 1. The number of hydrogen-bond acceptors (Lipinski definition) is 6. The highest BCUT2D eigenvalue weighted by atomic mass is 35.5. The first-order chi connectivity index (χ1) is 9.65. The Morgan fingerprint density at radius 1 is 1.40 bits per heavy atom. The molecular weight excluding hydrogens is 298 g/mol. The molecule has 102 valence electrons. The van der Waals surface area contributed by atoms with E-state index in [1.165, 1.54) is 30.1 Å². The summed E-state index contributed by atoms with van der Waals surface area (Å²) in [6.45, 7) is 0. The molecular formula is C13H10ClN3O2S. The number of carbonyl (C=O) groups excluding carboxylic acids is 1. The molecule has 7 heteroatoms. The summed E-state index contributed by atoms with van der Waals surface area (Å²) in [5.41, 5.74) is 0.607. The summed E-state index contributed by atoms with van der Waals surface area (Å²) in [6.07, 6.45) is 3.30. The van der Waals surface area contributed by atoms with Crippen molar-refractivity contribution in [2.75, 3.05) is 6.26 Å². The Kier molecular flexibility index (Phi) is 4.81. The Morgan fingerprint density at radius 3 is 2.85 bits per heavy atom. The van der Waals surface area contributed by atoms with Gasteiger partial charge in [0.25, 0.3) is 0 Å². The summed E-state index contributed by atoms with van der Waals surface area (Å²) >= 11 is 7.16. The quantitative estimate of drug-likeness (QED) is 0.365. The van der Waals surface area contributed by atoms with Gasteiger partial charge >= 0.3 is 0 Å². The first-order valence-electron chi connectivity index (χ1n) is 5.65. The zero-order chi connectivity index (χ0) is 14.5. The molecule has 0 amide bonds. The van der Waals surface area contributed by atoms with Crippen LogP contribution in [0.5, 0.6) is 0 Å². The molecule has 0 aliphatic rings. The van der Waals surface area contributed by atoms with Crippen molar-refractivity contribution in [3.05, 3.63) is 57.7 Å². The molecule has 0 aliphatic carbocycles. The van der Waals surface area contributed by atoms with E-state index in [1.54, 1.807) is 24.5 Å². The molecule has 1 aromatic heterocycles. The smallest absolute Gasteiger partial charge is 0.197 e. The molecule has 1 heterocycles. The Labute approximate surface area is 124 Å². The van der Waals surface area contributed by atoms with Crippen molar-refractivity contribution in [1.29, 1.82) is 0 Å². The summed E-state index contributed by atoms with van der Waals surface area (Å²) < 4.78 is 0. The van der Waals surface area contributed by atoms with E-state index in [0.29, 0.717) is 15.7 Å². The van der Waals surface area contributed by atoms with Crippen LogP contribution in [-0.4, -0.2) is 22.0 Å². The standard InChI is InChI=1S/C13H10ClN3O2S/c1-20-13-15-6-5-10(16-13)11(17-19)12(18)8-3-2-4-9(14)7-8/h2-7,11H,1H3. The summed E-state index contributed by atoms with van der Waals surface area (Å²) in [7, 11) is 0. The van der Waals surface area contributed by atoms with Crippen molar-refractivity contribution < 1.29 is 4.79 Å². The SMILES string of the molecule is CSc1nccc(C(N=O)C(=O)c2cccc(Cl)c2)n1. The number of thioether (sulfide) groups is 1. The number of halogens is 1. The van der Waals surface area contributed by atoms with Gasteiger partial charge in [0.2, 0.25) is 0 Å². The lowest BCUT2D eigenvalue weighted by molar-refractivity contribution is 0.0960. The van der Waals surface area contributed by atoms with E-state index < -0.39 is 11.8 Å². The predicted octanol–water partition coefficient (Wildman–Crippen LogP) is 3.54. The van der Waals surface area contributed by atoms with Crippen LogP contribution in [0.3, 0.4) is 0 Å². The van der Waals surface area contributed by atoms with Gasteiger partial charge in [-0.3, -0.25) is 4.79 Å². The maximum absolute atomic E-state index is 12.3. The van der Waals surface area contributed by atoms with Gasteiger partial charge in [-0.25, -0.2) is 9.97 Å². The molecule has 1 atom stereocenters. The Morgan fingerprint density at radius 2 is 2.20 bits per heavy atom. The van der Waals surface area contributed by atoms with E-state index in [9.17, 15) is 9.70 Å². The van der Waals surface area contributed by atoms with Crippen LogP contribution in [0.2, 0.25) is 5.02 Å². The Bertz CT molecular complexity index is 651. The number of Topliss-reactive ketones (excluding diaryl/α,β-unsaturated/α-hetero) is 1. The number of rotatable bonds is 5. The monoisotopic (exact) mass is 307 g/mol. The topological polar surface area (TPSA) is 72.3 Å². The molecule has 0 bridgehead atoms. The van der Waals surface area contributed by atoms with Gasteiger partial charge in [-0.05, 0) is 24.5 Å². The fraction of sp³-hybridized carbons (Fsp3) is 0.154. The van der Waals surface area contributed by atoms with E-state index in [2.05, 4.69) is 15.1 Å². The second kappa shape index (κ2) is 6.58. The molecule has 1 unspecified atom stereocenters. The molecule has 0 aliphatic heterocycles. The molecule has 1 aromatic carbocycles. The third-order valence-corrected chi connectivity index (χ3v) is 3.38. The van der Waals surface area contributed by atoms with Crippen molar-refractivity contribution in [3.63, 3.8) is 0 Å². The molecule has 0 spiro atoms. The maximum atomic E-state index is 12.3. The van der Waals surface area contributed by atoms with Gasteiger partial charge in [-0.2, -0.15) is 0 Å². The minimum Gasteiger partial charge on any atom is -0.291 e. The number of aromatic nitrogens is 2. The van der Waals surface area contributed by atoms with E-state index in [1.807, 2.05) is 0 Å². The average molecular weight is 308 g/mol. The largest absolute Gasteiger partial charge is 0.291 e. The second-order valence-corrected chi connectivity index (χ2v) is 5.06. The van der Waals surface area contributed by atoms with Crippen molar-refractivity contribution in [1.82, 2.24) is 9.97 Å². The van der Waals surface area contributed by atoms with E-state index in [0.717, 1.165) is 0 Å². The van der Waals surface area contributed by atoms with Gasteiger partial charge in [0.05, 0.1) is 5.69 Å². The van der Waals surface area contributed by atoms with Crippen LogP contribution < -0.4 is 0 Å². The highest BCUT2D eigenvalue weighted by Gasteiger charge is 2.25. The maximum Gasteiger partial charge on any atom is 0.197 e. The first kappa shape index (κ1) is 14.6. The van der Waals surface area contributed by atoms with Crippen LogP contribution in [0.4, 0.5) is 0 Å². The van der Waals surface area contributed by atoms with Crippen LogP contribution in [0.1, 0.15) is 22.1 Å². The van der Waals surface area contributed by atoms with Gasteiger partial charge in [-0.1, -0.05) is 40.7 Å². The molecule has 20 heavy (non-hydrogen) atoms. The molecule has 0 fully saturated rings. The van der Waals surface area contributed by atoms with Crippen molar-refractivity contribution in [2.24, 2.45) is 5.18 Å². The number of ketones is 1. The van der Waals surface area contributed by atoms with Gasteiger partial charge in [-0.15, -0.1) is 4.91 Å². The van der Waals surface area contributed by atoms with Gasteiger partial charge < -0.3 is 0 Å². The third kappa shape index (κ3) is 3.20. The molecule has 5 nitrogen and oxygen atoms in total. The summed E-state index contributed by atoms with van der Waals surface area (Å²) in [6, 6.07) is 6.70. The van der Waals surface area contributed by atoms with Crippen LogP contribution in [0.25, 0.3) is 0 Å². The minimum atomic E-state index is -1.19. The van der Waals surface area contributed by atoms with Crippen molar-refractivity contribution >= 4 is 29.1 Å². The second-order valence-electron chi connectivity index (χ2n) is 3.85. The zero-order valence-corrected chi connectivity index (χ0v) is 12.1. The number of nitrogens with zero attached hydrogens (tertiary/aromatic N) is 3. The molecule has 2 rings (SSSR count). The Balaban J connectivity index is 2.36. The summed E-state index contributed by atoms with van der Waals surface area (Å²) in [5.74, 6) is -0.437. The normalized spacial score (nSPS) is 11.9. The third-order valence-electron chi connectivity index (χ3n) is 2.58. The minimum absolute atomic E-state index is 0.282. The molecule has 0 saturated heterocycles. The fourth-order valence-electron chi connectivity index (χ4n) is 1.64. The molecule has 2 aromatic rings. The van der Waals surface area contributed by atoms with E-state index >= 15 is 0 Å². The Hall–Kier alpha value is -1.79. The van der Waals surface area contributed by atoms with Crippen LogP contribution >= 0.6 is 23.4 Å². The van der Waals surface area contributed by atoms with Crippen LogP contribution in [0, 0.1) is 4.91 Å². The van der Waals surface area contributed by atoms with Crippen molar-refractivity contribution in [2.45, 2.75) is 11.2 Å². The molecule has 0 radical (unpaired) electrons. The average Bonchev–Trinajstić information content (AvgIpc) is 2.48.